The van der Waals surface area contributed by atoms with Gasteiger partial charge in [-0.3, -0.25) is 14.5 Å². The fourth-order valence-electron chi connectivity index (χ4n) is 3.43. The molecular formula is C21H27N3O3. The molecule has 0 bridgehead atoms. The summed E-state index contributed by atoms with van der Waals surface area (Å²) in [6.07, 6.45) is 2.73. The molecule has 1 saturated heterocycles. The number of rotatable bonds is 8. The summed E-state index contributed by atoms with van der Waals surface area (Å²) in [5.74, 6) is 0.519. The molecule has 144 valence electrons. The zero-order valence-electron chi connectivity index (χ0n) is 15.9. The summed E-state index contributed by atoms with van der Waals surface area (Å²) in [7, 11) is 3.90. The number of carbonyl (C=O) groups excluding carboxylic acids is 2. The molecular weight excluding hydrogens is 342 g/mol. The second-order valence-corrected chi connectivity index (χ2v) is 7.22. The molecule has 0 radical (unpaired) electrons. The highest BCUT2D eigenvalue weighted by Gasteiger charge is 2.34. The number of nitrogens with one attached hydrogen (secondary N) is 1. The first-order valence-corrected chi connectivity index (χ1v) is 9.34. The molecule has 1 aromatic heterocycles. The minimum absolute atomic E-state index is 0.0322. The number of carbonyl (C=O) groups is 2. The largest absolute Gasteiger partial charge is 0.468 e. The normalized spacial score (nSPS) is 18.1. The lowest BCUT2D eigenvalue weighted by molar-refractivity contribution is -0.129. The van der Waals surface area contributed by atoms with Crippen molar-refractivity contribution < 1.29 is 14.0 Å². The Bertz CT molecular complexity index is 743. The van der Waals surface area contributed by atoms with Gasteiger partial charge in [-0.2, -0.15) is 0 Å². The van der Waals surface area contributed by atoms with Crippen LogP contribution in [-0.2, 0) is 16.0 Å². The Labute approximate surface area is 160 Å². The van der Waals surface area contributed by atoms with E-state index in [2.05, 4.69) is 17.4 Å². The van der Waals surface area contributed by atoms with E-state index in [-0.39, 0.29) is 30.2 Å². The van der Waals surface area contributed by atoms with Crippen molar-refractivity contribution in [1.82, 2.24) is 15.1 Å². The first-order valence-electron chi connectivity index (χ1n) is 9.34. The van der Waals surface area contributed by atoms with Crippen molar-refractivity contribution in [3.8, 4) is 0 Å². The Morgan fingerprint density at radius 2 is 2.04 bits per heavy atom. The number of hydrogen-bond acceptors (Lipinski definition) is 4. The van der Waals surface area contributed by atoms with E-state index in [0.29, 0.717) is 19.6 Å². The van der Waals surface area contributed by atoms with Crippen molar-refractivity contribution >= 4 is 11.8 Å². The number of amides is 2. The molecule has 2 atom stereocenters. The van der Waals surface area contributed by atoms with Gasteiger partial charge in [0.2, 0.25) is 11.8 Å². The van der Waals surface area contributed by atoms with Crippen LogP contribution in [0.1, 0.15) is 23.8 Å². The number of likely N-dealkylation sites (tertiary alicyclic amines) is 1. The molecule has 1 fully saturated rings. The SMILES string of the molecule is CN(C)[C@H](CNC(=O)[C@@H]1CC(=O)N(CCc2ccccc2)C1)c1ccco1. The molecule has 0 unspecified atom stereocenters. The van der Waals surface area contributed by atoms with Crippen molar-refractivity contribution in [3.05, 3.63) is 60.1 Å². The minimum Gasteiger partial charge on any atom is -0.468 e. The second kappa shape index (κ2) is 8.86. The quantitative estimate of drug-likeness (QED) is 0.774. The minimum atomic E-state index is -0.285. The van der Waals surface area contributed by atoms with Crippen molar-refractivity contribution in [2.24, 2.45) is 5.92 Å². The Balaban J connectivity index is 1.49. The Hall–Kier alpha value is -2.60. The van der Waals surface area contributed by atoms with Crippen LogP contribution in [0, 0.1) is 5.92 Å². The van der Waals surface area contributed by atoms with E-state index in [4.69, 9.17) is 4.42 Å². The first kappa shape index (κ1) is 19.2. The third-order valence-corrected chi connectivity index (χ3v) is 5.06. The van der Waals surface area contributed by atoms with Crippen molar-refractivity contribution in [3.63, 3.8) is 0 Å². The van der Waals surface area contributed by atoms with Gasteiger partial charge >= 0.3 is 0 Å². The van der Waals surface area contributed by atoms with Gasteiger partial charge in [0, 0.05) is 26.1 Å². The van der Waals surface area contributed by atoms with Crippen molar-refractivity contribution in [1.29, 1.82) is 0 Å². The van der Waals surface area contributed by atoms with E-state index < -0.39 is 0 Å². The average Bonchev–Trinajstić information content (AvgIpc) is 3.31. The van der Waals surface area contributed by atoms with Crippen LogP contribution >= 0.6 is 0 Å². The Morgan fingerprint density at radius 3 is 2.70 bits per heavy atom. The molecule has 1 aromatic carbocycles. The van der Waals surface area contributed by atoms with Crippen LogP contribution in [0.4, 0.5) is 0 Å². The highest BCUT2D eigenvalue weighted by Crippen LogP contribution is 2.20. The summed E-state index contributed by atoms with van der Waals surface area (Å²) in [5, 5.41) is 2.99. The predicted molar refractivity (Wildman–Crippen MR) is 103 cm³/mol. The molecule has 6 nitrogen and oxygen atoms in total. The number of likely N-dealkylation sites (N-methyl/N-ethyl adjacent to an activating group) is 1. The summed E-state index contributed by atoms with van der Waals surface area (Å²) in [4.78, 5) is 28.6. The van der Waals surface area contributed by atoms with Gasteiger partial charge in [-0.05, 0) is 38.2 Å². The van der Waals surface area contributed by atoms with Gasteiger partial charge in [0.15, 0.2) is 0 Å². The molecule has 27 heavy (non-hydrogen) atoms. The molecule has 0 aliphatic carbocycles. The van der Waals surface area contributed by atoms with E-state index >= 15 is 0 Å². The van der Waals surface area contributed by atoms with Gasteiger partial charge < -0.3 is 14.6 Å². The van der Waals surface area contributed by atoms with Crippen LogP contribution in [-0.4, -0.2) is 55.3 Å². The standard InChI is InChI=1S/C21H27N3O3/c1-23(2)18(19-9-6-12-27-19)14-22-21(26)17-13-20(25)24(15-17)11-10-16-7-4-3-5-8-16/h3-9,12,17-18H,10-11,13-15H2,1-2H3,(H,22,26)/t17-,18-/m1/s1. The van der Waals surface area contributed by atoms with E-state index in [1.807, 2.05) is 49.3 Å². The predicted octanol–water partition coefficient (Wildman–Crippen LogP) is 2.09. The average molecular weight is 369 g/mol. The molecule has 0 saturated carbocycles. The third-order valence-electron chi connectivity index (χ3n) is 5.06. The Morgan fingerprint density at radius 1 is 1.26 bits per heavy atom. The van der Waals surface area contributed by atoms with E-state index in [1.165, 1.54) is 5.56 Å². The van der Waals surface area contributed by atoms with Crippen LogP contribution in [0.2, 0.25) is 0 Å². The van der Waals surface area contributed by atoms with Gasteiger partial charge in [0.25, 0.3) is 0 Å². The highest BCUT2D eigenvalue weighted by molar-refractivity contribution is 5.89. The number of benzene rings is 1. The molecule has 1 N–H and O–H groups in total. The number of furan rings is 1. The third kappa shape index (κ3) is 4.98. The highest BCUT2D eigenvalue weighted by atomic mass is 16.3. The molecule has 6 heteroatoms. The zero-order valence-corrected chi connectivity index (χ0v) is 15.9. The summed E-state index contributed by atoms with van der Waals surface area (Å²) in [6, 6.07) is 13.8. The maximum atomic E-state index is 12.6. The fraction of sp³-hybridized carbons (Fsp3) is 0.429. The van der Waals surface area contributed by atoms with Gasteiger partial charge in [-0.15, -0.1) is 0 Å². The monoisotopic (exact) mass is 369 g/mol. The Kier molecular flexibility index (Phi) is 6.29. The van der Waals surface area contributed by atoms with Gasteiger partial charge in [0.1, 0.15) is 5.76 Å². The lowest BCUT2D eigenvalue weighted by Crippen LogP contribution is -2.38. The van der Waals surface area contributed by atoms with Gasteiger partial charge in [-0.1, -0.05) is 30.3 Å². The zero-order chi connectivity index (χ0) is 19.2. The smallest absolute Gasteiger partial charge is 0.225 e. The molecule has 2 aromatic rings. The molecule has 0 spiro atoms. The summed E-state index contributed by atoms with van der Waals surface area (Å²) in [5.41, 5.74) is 1.20. The topological polar surface area (TPSA) is 65.8 Å². The van der Waals surface area contributed by atoms with Crippen LogP contribution in [0.25, 0.3) is 0 Å². The lowest BCUT2D eigenvalue weighted by Gasteiger charge is -2.23. The maximum Gasteiger partial charge on any atom is 0.225 e. The summed E-state index contributed by atoms with van der Waals surface area (Å²) >= 11 is 0. The van der Waals surface area contributed by atoms with Crippen LogP contribution < -0.4 is 5.32 Å². The van der Waals surface area contributed by atoms with E-state index in [1.54, 1.807) is 11.2 Å². The number of hydrogen-bond donors (Lipinski definition) is 1. The molecule has 3 rings (SSSR count). The van der Waals surface area contributed by atoms with Crippen molar-refractivity contribution in [2.45, 2.75) is 18.9 Å². The number of nitrogens with zero attached hydrogens (tertiary/aromatic N) is 2. The van der Waals surface area contributed by atoms with Gasteiger partial charge in [0.05, 0.1) is 18.2 Å². The van der Waals surface area contributed by atoms with Crippen molar-refractivity contribution in [2.75, 3.05) is 33.7 Å². The van der Waals surface area contributed by atoms with Crippen LogP contribution in [0.15, 0.2) is 53.1 Å². The molecule has 1 aliphatic rings. The first-order chi connectivity index (χ1) is 13.0. The molecule has 2 heterocycles. The fourth-order valence-corrected chi connectivity index (χ4v) is 3.43. The molecule has 2 amide bonds. The maximum absolute atomic E-state index is 12.6. The molecule has 1 aliphatic heterocycles. The van der Waals surface area contributed by atoms with Gasteiger partial charge in [-0.25, -0.2) is 0 Å². The summed E-state index contributed by atoms with van der Waals surface area (Å²) < 4.78 is 5.47. The lowest BCUT2D eigenvalue weighted by atomic mass is 10.1. The van der Waals surface area contributed by atoms with Crippen LogP contribution in [0.5, 0.6) is 0 Å². The summed E-state index contributed by atoms with van der Waals surface area (Å²) in [6.45, 7) is 1.60. The van der Waals surface area contributed by atoms with E-state index in [0.717, 1.165) is 12.2 Å². The van der Waals surface area contributed by atoms with Crippen LogP contribution in [0.3, 0.4) is 0 Å². The second-order valence-electron chi connectivity index (χ2n) is 7.22. The van der Waals surface area contributed by atoms with E-state index in [9.17, 15) is 9.59 Å².